The summed E-state index contributed by atoms with van der Waals surface area (Å²) in [7, 11) is 0. The predicted molar refractivity (Wildman–Crippen MR) is 98.5 cm³/mol. The molecule has 4 amide bonds. The zero-order valence-corrected chi connectivity index (χ0v) is 15.7. The summed E-state index contributed by atoms with van der Waals surface area (Å²) in [6.07, 6.45) is 0.716. The largest absolute Gasteiger partial charge is 0.336 e. The summed E-state index contributed by atoms with van der Waals surface area (Å²) < 4.78 is 0. The summed E-state index contributed by atoms with van der Waals surface area (Å²) in [6, 6.07) is 4.74. The number of nitrogens with one attached hydrogen (secondary N) is 1. The van der Waals surface area contributed by atoms with E-state index in [-0.39, 0.29) is 29.4 Å². The number of urea groups is 1. The third-order valence-electron chi connectivity index (χ3n) is 4.63. The lowest BCUT2D eigenvalue weighted by Gasteiger charge is -2.35. The van der Waals surface area contributed by atoms with Gasteiger partial charge in [-0.2, -0.15) is 0 Å². The van der Waals surface area contributed by atoms with Gasteiger partial charge in [0.15, 0.2) is 0 Å². The van der Waals surface area contributed by atoms with Crippen LogP contribution < -0.4 is 5.32 Å². The number of amides is 4. The quantitative estimate of drug-likeness (QED) is 0.765. The molecule has 0 spiro atoms. The van der Waals surface area contributed by atoms with Gasteiger partial charge in [-0.25, -0.2) is 4.79 Å². The van der Waals surface area contributed by atoms with Crippen molar-refractivity contribution in [2.45, 2.75) is 6.42 Å². The van der Waals surface area contributed by atoms with Crippen molar-refractivity contribution in [2.24, 2.45) is 0 Å². The van der Waals surface area contributed by atoms with Gasteiger partial charge in [-0.1, -0.05) is 29.3 Å². The molecule has 2 aliphatic heterocycles. The van der Waals surface area contributed by atoms with Gasteiger partial charge in [-0.15, -0.1) is 0 Å². The third-order valence-corrected chi connectivity index (χ3v) is 5.45. The Bertz CT molecular complexity index is 704. The molecule has 1 aromatic carbocycles. The minimum Gasteiger partial charge on any atom is -0.336 e. The van der Waals surface area contributed by atoms with Gasteiger partial charge >= 0.3 is 6.03 Å². The second-order valence-electron chi connectivity index (χ2n) is 6.29. The van der Waals surface area contributed by atoms with E-state index in [0.717, 1.165) is 19.6 Å². The summed E-state index contributed by atoms with van der Waals surface area (Å²) >= 11 is 12.1. The Morgan fingerprint density at radius 1 is 1.08 bits per heavy atom. The lowest BCUT2D eigenvalue weighted by Crippen LogP contribution is -2.49. The summed E-state index contributed by atoms with van der Waals surface area (Å²) in [5.41, 5.74) is 0.422. The molecule has 9 heteroatoms. The van der Waals surface area contributed by atoms with Gasteiger partial charge < -0.3 is 10.2 Å². The van der Waals surface area contributed by atoms with E-state index in [2.05, 4.69) is 10.2 Å². The van der Waals surface area contributed by atoms with Crippen molar-refractivity contribution in [3.05, 3.63) is 33.8 Å². The number of carbonyl (C=O) groups is 3. The summed E-state index contributed by atoms with van der Waals surface area (Å²) in [5.74, 6) is -0.291. The maximum atomic E-state index is 12.6. The van der Waals surface area contributed by atoms with Gasteiger partial charge in [-0.05, 0) is 25.1 Å². The van der Waals surface area contributed by atoms with Crippen molar-refractivity contribution in [3.63, 3.8) is 0 Å². The minimum absolute atomic E-state index is 0.0890. The Morgan fingerprint density at radius 2 is 1.81 bits per heavy atom. The average Bonchev–Trinajstić information content (AvgIpc) is 2.96. The van der Waals surface area contributed by atoms with Crippen molar-refractivity contribution < 1.29 is 14.4 Å². The van der Waals surface area contributed by atoms with Crippen LogP contribution in [0.2, 0.25) is 10.0 Å². The van der Waals surface area contributed by atoms with Crippen LogP contribution >= 0.6 is 23.2 Å². The number of halogens is 2. The number of hydrogen-bond donors (Lipinski definition) is 1. The van der Waals surface area contributed by atoms with Gasteiger partial charge in [0.1, 0.15) is 0 Å². The van der Waals surface area contributed by atoms with Crippen molar-refractivity contribution >= 4 is 41.0 Å². The number of rotatable bonds is 5. The van der Waals surface area contributed by atoms with Crippen molar-refractivity contribution in [2.75, 3.05) is 45.8 Å². The van der Waals surface area contributed by atoms with Gasteiger partial charge in [0.25, 0.3) is 5.91 Å². The van der Waals surface area contributed by atoms with Crippen LogP contribution in [0.15, 0.2) is 18.2 Å². The highest BCUT2D eigenvalue weighted by Crippen LogP contribution is 2.26. The molecular formula is C17H20Cl2N4O3. The molecule has 26 heavy (non-hydrogen) atoms. The molecule has 2 heterocycles. The maximum absolute atomic E-state index is 12.6. The highest BCUT2D eigenvalue weighted by molar-refractivity contribution is 6.43. The molecule has 1 aromatic rings. The molecule has 0 radical (unpaired) electrons. The van der Waals surface area contributed by atoms with Crippen LogP contribution in [0.25, 0.3) is 0 Å². The normalized spacial score (nSPS) is 18.4. The smallest absolute Gasteiger partial charge is 0.324 e. The van der Waals surface area contributed by atoms with Crippen molar-refractivity contribution in [1.82, 2.24) is 20.0 Å². The monoisotopic (exact) mass is 398 g/mol. The summed E-state index contributed by atoms with van der Waals surface area (Å²) in [5, 5.41) is 3.17. The van der Waals surface area contributed by atoms with E-state index >= 15 is 0 Å². The maximum Gasteiger partial charge on any atom is 0.324 e. The highest BCUT2D eigenvalue weighted by atomic mass is 35.5. The van der Waals surface area contributed by atoms with E-state index in [9.17, 15) is 14.4 Å². The van der Waals surface area contributed by atoms with E-state index in [4.69, 9.17) is 23.2 Å². The van der Waals surface area contributed by atoms with E-state index < -0.39 is 0 Å². The van der Waals surface area contributed by atoms with Crippen LogP contribution in [0.5, 0.6) is 0 Å². The molecule has 2 fully saturated rings. The predicted octanol–water partition coefficient (Wildman–Crippen LogP) is 1.69. The molecule has 3 rings (SSSR count). The molecule has 1 N–H and O–H groups in total. The van der Waals surface area contributed by atoms with Gasteiger partial charge in [0.05, 0.1) is 22.2 Å². The van der Waals surface area contributed by atoms with E-state index in [1.54, 1.807) is 23.1 Å². The fraction of sp³-hybridized carbons (Fsp3) is 0.471. The minimum atomic E-state index is -0.316. The first-order valence-corrected chi connectivity index (χ1v) is 9.27. The van der Waals surface area contributed by atoms with Crippen molar-refractivity contribution in [3.8, 4) is 0 Å². The Balaban J connectivity index is 1.45. The molecule has 2 aliphatic rings. The van der Waals surface area contributed by atoms with E-state index in [1.807, 2.05) is 0 Å². The van der Waals surface area contributed by atoms with Gasteiger partial charge in [0, 0.05) is 32.7 Å². The van der Waals surface area contributed by atoms with Crippen LogP contribution in [-0.2, 0) is 4.79 Å². The lowest BCUT2D eigenvalue weighted by molar-refractivity contribution is -0.125. The van der Waals surface area contributed by atoms with Gasteiger partial charge in [-0.3, -0.25) is 19.4 Å². The molecule has 7 nitrogen and oxygen atoms in total. The summed E-state index contributed by atoms with van der Waals surface area (Å²) in [4.78, 5) is 40.9. The zero-order chi connectivity index (χ0) is 18.7. The Hall–Kier alpha value is -1.83. The zero-order valence-electron chi connectivity index (χ0n) is 14.2. The topological polar surface area (TPSA) is 73.0 Å². The number of imide groups is 1. The first-order valence-electron chi connectivity index (χ1n) is 8.51. The molecule has 0 atom stereocenters. The number of hydrogen-bond acceptors (Lipinski definition) is 4. The molecule has 2 saturated heterocycles. The average molecular weight is 399 g/mol. The molecular weight excluding hydrogens is 379 g/mol. The lowest BCUT2D eigenvalue weighted by atomic mass is 10.1. The molecule has 0 saturated carbocycles. The Morgan fingerprint density at radius 3 is 2.46 bits per heavy atom. The van der Waals surface area contributed by atoms with Crippen molar-refractivity contribution in [1.29, 1.82) is 0 Å². The molecule has 0 aromatic heterocycles. The fourth-order valence-corrected chi connectivity index (χ4v) is 3.53. The van der Waals surface area contributed by atoms with Crippen LogP contribution in [0, 0.1) is 0 Å². The highest BCUT2D eigenvalue weighted by Gasteiger charge is 2.28. The Kier molecular flexibility index (Phi) is 6.01. The van der Waals surface area contributed by atoms with Crippen LogP contribution in [0.1, 0.15) is 16.8 Å². The van der Waals surface area contributed by atoms with E-state index in [0.29, 0.717) is 36.6 Å². The van der Waals surface area contributed by atoms with Crippen LogP contribution in [0.3, 0.4) is 0 Å². The third kappa shape index (κ3) is 4.11. The van der Waals surface area contributed by atoms with Crippen LogP contribution in [0.4, 0.5) is 4.79 Å². The standard InChI is InChI=1S/C17H20Cl2N4O3/c18-13-4-1-3-12(15(13)19)16(25)22-9-7-21(8-10-22)5-2-6-23-14(24)11-20-17(23)26/h1,3-4H,2,5-11H2,(H,20,26). The summed E-state index contributed by atoms with van der Waals surface area (Å²) in [6.45, 7) is 3.97. The Labute approximate surface area is 161 Å². The van der Waals surface area contributed by atoms with Crippen LogP contribution in [-0.4, -0.2) is 78.4 Å². The SMILES string of the molecule is O=C(c1cccc(Cl)c1Cl)N1CCN(CCCN2C(=O)CNC2=O)CC1. The number of benzene rings is 1. The molecule has 140 valence electrons. The number of piperazine rings is 1. The fourth-order valence-electron chi connectivity index (χ4n) is 3.15. The molecule has 0 unspecified atom stereocenters. The second kappa shape index (κ2) is 8.24. The first kappa shape index (κ1) is 18.9. The molecule has 0 aliphatic carbocycles. The first-order chi connectivity index (χ1) is 12.5. The number of nitrogens with zero attached hydrogens (tertiary/aromatic N) is 3. The second-order valence-corrected chi connectivity index (χ2v) is 7.08. The number of carbonyl (C=O) groups excluding carboxylic acids is 3. The molecule has 0 bridgehead atoms. The van der Waals surface area contributed by atoms with E-state index in [1.165, 1.54) is 4.90 Å². The van der Waals surface area contributed by atoms with Gasteiger partial charge in [0.2, 0.25) is 5.91 Å².